The molecule has 2 heterocycles. The summed E-state index contributed by atoms with van der Waals surface area (Å²) in [5.74, 6) is -1.31. The SMILES string of the molecule is Cc1ccc(N2C(=O)/C(=C/c3cc(C)n(-c4ccc(Br)c(C)c4)c3C)C(=O)N(c3ccccc3)C2=O)cc1. The van der Waals surface area contributed by atoms with Crippen molar-refractivity contribution in [3.05, 3.63) is 117 Å². The number of benzene rings is 3. The Labute approximate surface area is 229 Å². The van der Waals surface area contributed by atoms with Gasteiger partial charge in [-0.25, -0.2) is 14.6 Å². The maximum Gasteiger partial charge on any atom is 0.343 e. The summed E-state index contributed by atoms with van der Waals surface area (Å²) in [6, 6.07) is 23.1. The fourth-order valence-corrected chi connectivity index (χ4v) is 4.96. The van der Waals surface area contributed by atoms with Crippen molar-refractivity contribution in [1.29, 1.82) is 0 Å². The van der Waals surface area contributed by atoms with Gasteiger partial charge in [0.15, 0.2) is 0 Å². The molecule has 0 atom stereocenters. The molecule has 0 spiro atoms. The van der Waals surface area contributed by atoms with Crippen molar-refractivity contribution in [3.63, 3.8) is 0 Å². The largest absolute Gasteiger partial charge is 0.343 e. The van der Waals surface area contributed by atoms with Crippen molar-refractivity contribution in [2.24, 2.45) is 0 Å². The minimum absolute atomic E-state index is 0.0822. The molecule has 0 saturated carbocycles. The van der Waals surface area contributed by atoms with E-state index in [9.17, 15) is 14.4 Å². The zero-order valence-electron chi connectivity index (χ0n) is 21.5. The molecule has 0 unspecified atom stereocenters. The number of amides is 4. The second-order valence-electron chi connectivity index (χ2n) is 9.39. The molecule has 7 heteroatoms. The van der Waals surface area contributed by atoms with Gasteiger partial charge in [-0.2, -0.15) is 0 Å². The van der Waals surface area contributed by atoms with Crippen LogP contribution in [0, 0.1) is 27.7 Å². The van der Waals surface area contributed by atoms with E-state index in [4.69, 9.17) is 0 Å². The molecule has 0 radical (unpaired) electrons. The summed E-state index contributed by atoms with van der Waals surface area (Å²) >= 11 is 3.55. The molecule has 6 nitrogen and oxygen atoms in total. The topological polar surface area (TPSA) is 62.6 Å². The highest BCUT2D eigenvalue weighted by molar-refractivity contribution is 9.10. The van der Waals surface area contributed by atoms with Crippen molar-refractivity contribution in [3.8, 4) is 5.69 Å². The van der Waals surface area contributed by atoms with Gasteiger partial charge in [-0.3, -0.25) is 9.59 Å². The fourth-order valence-electron chi connectivity index (χ4n) is 4.71. The number of rotatable bonds is 4. The van der Waals surface area contributed by atoms with E-state index in [1.165, 1.54) is 0 Å². The molecule has 0 bridgehead atoms. The Morgan fingerprint density at radius 2 is 1.26 bits per heavy atom. The Kier molecular flexibility index (Phi) is 6.63. The number of hydrogen-bond acceptors (Lipinski definition) is 3. The molecule has 1 aliphatic heterocycles. The number of para-hydroxylation sites is 1. The predicted octanol–water partition coefficient (Wildman–Crippen LogP) is 7.06. The van der Waals surface area contributed by atoms with Gasteiger partial charge in [0, 0.05) is 21.5 Å². The number of barbiturate groups is 1. The monoisotopic (exact) mass is 567 g/mol. The van der Waals surface area contributed by atoms with E-state index in [-0.39, 0.29) is 5.57 Å². The number of anilines is 2. The van der Waals surface area contributed by atoms with Crippen LogP contribution < -0.4 is 9.80 Å². The van der Waals surface area contributed by atoms with Gasteiger partial charge >= 0.3 is 6.03 Å². The van der Waals surface area contributed by atoms with Crippen molar-refractivity contribution < 1.29 is 14.4 Å². The highest BCUT2D eigenvalue weighted by Gasteiger charge is 2.43. The second-order valence-corrected chi connectivity index (χ2v) is 10.2. The number of carbonyl (C=O) groups excluding carboxylic acids is 3. The molecule has 1 aromatic heterocycles. The summed E-state index contributed by atoms with van der Waals surface area (Å²) in [5, 5.41) is 0. The van der Waals surface area contributed by atoms with E-state index in [0.717, 1.165) is 48.0 Å². The van der Waals surface area contributed by atoms with E-state index < -0.39 is 17.8 Å². The number of aromatic nitrogens is 1. The number of aryl methyl sites for hydroxylation is 3. The summed E-state index contributed by atoms with van der Waals surface area (Å²) in [4.78, 5) is 43.2. The Morgan fingerprint density at radius 1 is 0.684 bits per heavy atom. The predicted molar refractivity (Wildman–Crippen MR) is 154 cm³/mol. The molecule has 0 aliphatic carbocycles. The maximum atomic E-state index is 13.7. The van der Waals surface area contributed by atoms with E-state index in [1.807, 2.05) is 58.0 Å². The Balaban J connectivity index is 1.65. The van der Waals surface area contributed by atoms with Gasteiger partial charge in [0.2, 0.25) is 0 Å². The standard InChI is InChI=1S/C31H26BrN3O3/c1-19-10-12-25(13-11-19)35-30(37)27(29(36)34(31(35)38)24-8-6-5-7-9-24)18-23-17-21(3)33(22(23)4)26-14-15-28(32)20(2)16-26/h5-18H,1-4H3/b27-18+. The molecular weight excluding hydrogens is 542 g/mol. The quantitative estimate of drug-likeness (QED) is 0.196. The Bertz CT molecular complexity index is 1620. The van der Waals surface area contributed by atoms with Crippen molar-refractivity contribution in [2.75, 3.05) is 9.80 Å². The van der Waals surface area contributed by atoms with Crippen LogP contribution in [0.25, 0.3) is 11.8 Å². The van der Waals surface area contributed by atoms with Gasteiger partial charge in [0.05, 0.1) is 11.4 Å². The van der Waals surface area contributed by atoms with Gasteiger partial charge in [-0.1, -0.05) is 51.8 Å². The number of halogens is 1. The first-order chi connectivity index (χ1) is 18.2. The summed E-state index contributed by atoms with van der Waals surface area (Å²) in [5.41, 5.74) is 6.35. The summed E-state index contributed by atoms with van der Waals surface area (Å²) in [6.45, 7) is 7.89. The Morgan fingerprint density at radius 3 is 1.87 bits per heavy atom. The first-order valence-electron chi connectivity index (χ1n) is 12.2. The molecule has 38 heavy (non-hydrogen) atoms. The van der Waals surface area contributed by atoms with Crippen LogP contribution in [0.2, 0.25) is 0 Å². The first-order valence-corrected chi connectivity index (χ1v) is 13.0. The van der Waals surface area contributed by atoms with Crippen LogP contribution in [0.5, 0.6) is 0 Å². The van der Waals surface area contributed by atoms with Crippen molar-refractivity contribution in [1.82, 2.24) is 4.57 Å². The van der Waals surface area contributed by atoms with E-state index >= 15 is 0 Å². The molecule has 190 valence electrons. The molecular formula is C31H26BrN3O3. The molecule has 5 rings (SSSR count). The summed E-state index contributed by atoms with van der Waals surface area (Å²) < 4.78 is 3.10. The highest BCUT2D eigenvalue weighted by Crippen LogP contribution is 2.31. The van der Waals surface area contributed by atoms with Crippen LogP contribution in [-0.4, -0.2) is 22.4 Å². The van der Waals surface area contributed by atoms with E-state index in [1.54, 1.807) is 48.5 Å². The van der Waals surface area contributed by atoms with Crippen molar-refractivity contribution in [2.45, 2.75) is 27.7 Å². The molecule has 4 aromatic rings. The number of nitrogens with zero attached hydrogens (tertiary/aromatic N) is 3. The zero-order chi connectivity index (χ0) is 27.1. The van der Waals surface area contributed by atoms with Gasteiger partial charge < -0.3 is 4.57 Å². The minimum Gasteiger partial charge on any atom is -0.318 e. The first kappa shape index (κ1) is 25.4. The summed E-state index contributed by atoms with van der Waals surface area (Å²) in [6.07, 6.45) is 1.60. The lowest BCUT2D eigenvalue weighted by molar-refractivity contribution is -0.121. The third-order valence-electron chi connectivity index (χ3n) is 6.73. The average Bonchev–Trinajstić information content (AvgIpc) is 3.18. The third-order valence-corrected chi connectivity index (χ3v) is 7.62. The van der Waals surface area contributed by atoms with E-state index in [0.29, 0.717) is 11.4 Å². The fraction of sp³-hybridized carbons (Fsp3) is 0.129. The van der Waals surface area contributed by atoms with Crippen LogP contribution in [0.3, 0.4) is 0 Å². The number of imide groups is 2. The lowest BCUT2D eigenvalue weighted by Crippen LogP contribution is -2.57. The highest BCUT2D eigenvalue weighted by atomic mass is 79.9. The van der Waals surface area contributed by atoms with Crippen LogP contribution in [-0.2, 0) is 9.59 Å². The normalized spacial score (nSPS) is 15.1. The van der Waals surface area contributed by atoms with Crippen LogP contribution >= 0.6 is 15.9 Å². The van der Waals surface area contributed by atoms with Crippen LogP contribution in [0.15, 0.2) is 88.9 Å². The van der Waals surface area contributed by atoms with Gasteiger partial charge in [0.1, 0.15) is 5.57 Å². The van der Waals surface area contributed by atoms with Gasteiger partial charge in [0.25, 0.3) is 11.8 Å². The summed E-state index contributed by atoms with van der Waals surface area (Å²) in [7, 11) is 0. The van der Waals surface area contributed by atoms with Gasteiger partial charge in [-0.05, 0) is 93.4 Å². The minimum atomic E-state index is -0.706. The number of hydrogen-bond donors (Lipinski definition) is 0. The average molecular weight is 568 g/mol. The maximum absolute atomic E-state index is 13.7. The molecule has 1 aliphatic rings. The molecule has 1 fully saturated rings. The Hall–Kier alpha value is -4.23. The third kappa shape index (κ3) is 4.39. The lowest BCUT2D eigenvalue weighted by atomic mass is 10.0. The molecule has 1 saturated heterocycles. The van der Waals surface area contributed by atoms with E-state index in [2.05, 4.69) is 26.6 Å². The van der Waals surface area contributed by atoms with Crippen molar-refractivity contribution >= 4 is 51.2 Å². The molecule has 0 N–H and O–H groups in total. The number of urea groups is 1. The molecule has 3 aromatic carbocycles. The smallest absolute Gasteiger partial charge is 0.318 e. The zero-order valence-corrected chi connectivity index (χ0v) is 23.1. The van der Waals surface area contributed by atoms with Gasteiger partial charge in [-0.15, -0.1) is 0 Å². The lowest BCUT2D eigenvalue weighted by Gasteiger charge is -2.34. The second kappa shape index (κ2) is 9.91. The number of carbonyl (C=O) groups is 3. The van der Waals surface area contributed by atoms with Crippen LogP contribution in [0.1, 0.15) is 28.1 Å². The van der Waals surface area contributed by atoms with Crippen LogP contribution in [0.4, 0.5) is 16.2 Å². The molecule has 4 amide bonds.